The average molecular weight is 271 g/mol. The van der Waals surface area contributed by atoms with E-state index in [4.69, 9.17) is 4.74 Å². The zero-order valence-corrected chi connectivity index (χ0v) is 12.2. The van der Waals surface area contributed by atoms with Crippen molar-refractivity contribution in [3.63, 3.8) is 0 Å². The molecule has 0 aliphatic heterocycles. The van der Waals surface area contributed by atoms with Crippen molar-refractivity contribution in [3.05, 3.63) is 65.7 Å². The van der Waals surface area contributed by atoms with E-state index in [1.807, 2.05) is 63.2 Å². The van der Waals surface area contributed by atoms with Gasteiger partial charge in [-0.25, -0.2) is 4.79 Å². The van der Waals surface area contributed by atoms with Crippen LogP contribution in [-0.2, 0) is 6.54 Å². The molecule has 3 heteroatoms. The molecule has 0 atom stereocenters. The van der Waals surface area contributed by atoms with Gasteiger partial charge in [0.2, 0.25) is 0 Å². The fourth-order valence-corrected chi connectivity index (χ4v) is 1.51. The van der Waals surface area contributed by atoms with Crippen molar-refractivity contribution in [1.29, 1.82) is 0 Å². The first-order chi connectivity index (χ1) is 9.74. The van der Waals surface area contributed by atoms with Crippen molar-refractivity contribution in [3.8, 4) is 5.75 Å². The Morgan fingerprint density at radius 1 is 1.00 bits per heavy atom. The first-order valence-electron chi connectivity index (χ1n) is 6.80. The van der Waals surface area contributed by atoms with Gasteiger partial charge in [0, 0.05) is 6.54 Å². The molecule has 0 aliphatic carbocycles. The molecule has 2 aromatic carbocycles. The third kappa shape index (κ3) is 5.57. The van der Waals surface area contributed by atoms with Gasteiger partial charge in [0.15, 0.2) is 0 Å². The molecule has 106 valence electrons. The number of carbonyl (C=O) groups is 1. The molecule has 1 N–H and O–H groups in total. The summed E-state index contributed by atoms with van der Waals surface area (Å²) in [5, 5.41) is 2.71. The van der Waals surface area contributed by atoms with E-state index in [1.165, 1.54) is 5.56 Å². The standard InChI is InChI=1S/C15H15NO2.C2H6/c1-12-7-9-13(10-8-12)11-16-15(17)18-14-5-3-2-4-6-14;1-2/h2-10H,11H2,1H3,(H,16,17);1-2H3. The van der Waals surface area contributed by atoms with Crippen molar-refractivity contribution in [2.45, 2.75) is 27.3 Å². The van der Waals surface area contributed by atoms with Gasteiger partial charge >= 0.3 is 6.09 Å². The largest absolute Gasteiger partial charge is 0.412 e. The van der Waals surface area contributed by atoms with Crippen LogP contribution in [0.25, 0.3) is 0 Å². The molecule has 0 fully saturated rings. The number of para-hydroxylation sites is 1. The number of nitrogens with one attached hydrogen (secondary N) is 1. The first-order valence-corrected chi connectivity index (χ1v) is 6.80. The summed E-state index contributed by atoms with van der Waals surface area (Å²) in [6, 6.07) is 17.0. The second-order valence-corrected chi connectivity index (χ2v) is 4.04. The first kappa shape index (κ1) is 15.8. The molecule has 0 heterocycles. The Bertz CT molecular complexity index is 506. The Labute approximate surface area is 120 Å². The summed E-state index contributed by atoms with van der Waals surface area (Å²) in [4.78, 5) is 11.5. The zero-order valence-electron chi connectivity index (χ0n) is 12.2. The molecule has 0 aliphatic rings. The summed E-state index contributed by atoms with van der Waals surface area (Å²) in [5.41, 5.74) is 2.25. The van der Waals surface area contributed by atoms with Crippen LogP contribution in [0, 0.1) is 6.92 Å². The summed E-state index contributed by atoms with van der Waals surface area (Å²) in [6.07, 6.45) is -0.443. The highest BCUT2D eigenvalue weighted by Gasteiger charge is 2.03. The summed E-state index contributed by atoms with van der Waals surface area (Å²) < 4.78 is 5.11. The highest BCUT2D eigenvalue weighted by molar-refractivity contribution is 5.70. The van der Waals surface area contributed by atoms with Crippen molar-refractivity contribution in [1.82, 2.24) is 5.32 Å². The third-order valence-corrected chi connectivity index (χ3v) is 2.51. The molecule has 0 saturated heterocycles. The maximum absolute atomic E-state index is 11.5. The third-order valence-electron chi connectivity index (χ3n) is 2.51. The summed E-state index contributed by atoms with van der Waals surface area (Å²) >= 11 is 0. The number of hydrogen-bond donors (Lipinski definition) is 1. The lowest BCUT2D eigenvalue weighted by Gasteiger charge is -2.06. The van der Waals surface area contributed by atoms with Crippen molar-refractivity contribution < 1.29 is 9.53 Å². The molecule has 0 bridgehead atoms. The highest BCUT2D eigenvalue weighted by Crippen LogP contribution is 2.08. The van der Waals surface area contributed by atoms with E-state index < -0.39 is 6.09 Å². The van der Waals surface area contributed by atoms with E-state index in [0.29, 0.717) is 12.3 Å². The number of aryl methyl sites for hydroxylation is 1. The topological polar surface area (TPSA) is 38.3 Å². The van der Waals surface area contributed by atoms with Crippen molar-refractivity contribution in [2.24, 2.45) is 0 Å². The molecular weight excluding hydrogens is 250 g/mol. The maximum Gasteiger partial charge on any atom is 0.412 e. The molecule has 2 aromatic rings. The van der Waals surface area contributed by atoms with Gasteiger partial charge in [0.05, 0.1) is 0 Å². The Hall–Kier alpha value is -2.29. The molecule has 0 radical (unpaired) electrons. The van der Waals surface area contributed by atoms with E-state index >= 15 is 0 Å². The summed E-state index contributed by atoms with van der Waals surface area (Å²) in [6.45, 7) is 6.49. The zero-order chi connectivity index (χ0) is 14.8. The molecule has 2 rings (SSSR count). The number of rotatable bonds is 3. The number of ether oxygens (including phenoxy) is 1. The predicted molar refractivity (Wildman–Crippen MR) is 81.8 cm³/mol. The Balaban J connectivity index is 0.000000956. The highest BCUT2D eigenvalue weighted by atomic mass is 16.5. The number of hydrogen-bond acceptors (Lipinski definition) is 2. The van der Waals surface area contributed by atoms with Gasteiger partial charge in [-0.15, -0.1) is 0 Å². The monoisotopic (exact) mass is 271 g/mol. The normalized spacial score (nSPS) is 9.15. The Morgan fingerprint density at radius 2 is 1.60 bits per heavy atom. The molecule has 0 spiro atoms. The van der Waals surface area contributed by atoms with Gasteiger partial charge < -0.3 is 10.1 Å². The van der Waals surface area contributed by atoms with Crippen molar-refractivity contribution in [2.75, 3.05) is 0 Å². The smallest absolute Gasteiger partial charge is 0.410 e. The van der Waals surface area contributed by atoms with E-state index in [-0.39, 0.29) is 0 Å². The lowest BCUT2D eigenvalue weighted by atomic mass is 10.1. The molecular formula is C17H21NO2. The van der Waals surface area contributed by atoms with Crippen LogP contribution in [0.5, 0.6) is 5.75 Å². The SMILES string of the molecule is CC.Cc1ccc(CNC(=O)Oc2ccccc2)cc1. The second-order valence-electron chi connectivity index (χ2n) is 4.04. The minimum absolute atomic E-state index is 0.443. The van der Waals surface area contributed by atoms with Gasteiger partial charge in [-0.05, 0) is 24.6 Å². The number of carbonyl (C=O) groups excluding carboxylic acids is 1. The van der Waals surface area contributed by atoms with Crippen LogP contribution in [0.1, 0.15) is 25.0 Å². The fourth-order valence-electron chi connectivity index (χ4n) is 1.51. The van der Waals surface area contributed by atoms with Gasteiger partial charge in [0.1, 0.15) is 5.75 Å². The summed E-state index contributed by atoms with van der Waals surface area (Å²) in [7, 11) is 0. The molecule has 20 heavy (non-hydrogen) atoms. The van der Waals surface area contributed by atoms with Crippen LogP contribution in [0.3, 0.4) is 0 Å². The molecule has 0 unspecified atom stereocenters. The van der Waals surface area contributed by atoms with Crippen LogP contribution in [0.15, 0.2) is 54.6 Å². The molecule has 0 saturated carbocycles. The molecule has 1 amide bonds. The van der Waals surface area contributed by atoms with Crippen LogP contribution in [-0.4, -0.2) is 6.09 Å². The van der Waals surface area contributed by atoms with E-state index in [9.17, 15) is 4.79 Å². The lowest BCUT2D eigenvalue weighted by Crippen LogP contribution is -2.26. The fraction of sp³-hybridized carbons (Fsp3) is 0.235. The van der Waals surface area contributed by atoms with Gasteiger partial charge in [0.25, 0.3) is 0 Å². The number of amides is 1. The van der Waals surface area contributed by atoms with Gasteiger partial charge in [-0.2, -0.15) is 0 Å². The summed E-state index contributed by atoms with van der Waals surface area (Å²) in [5.74, 6) is 0.541. The van der Waals surface area contributed by atoms with Gasteiger partial charge in [-0.3, -0.25) is 0 Å². The van der Waals surface area contributed by atoms with E-state index in [0.717, 1.165) is 5.56 Å². The van der Waals surface area contributed by atoms with Crippen molar-refractivity contribution >= 4 is 6.09 Å². The Kier molecular flexibility index (Phi) is 6.90. The lowest BCUT2D eigenvalue weighted by molar-refractivity contribution is 0.200. The van der Waals surface area contributed by atoms with E-state index in [1.54, 1.807) is 12.1 Å². The van der Waals surface area contributed by atoms with Crippen LogP contribution >= 0.6 is 0 Å². The Morgan fingerprint density at radius 3 is 2.20 bits per heavy atom. The molecule has 3 nitrogen and oxygen atoms in total. The average Bonchev–Trinajstić information content (AvgIpc) is 2.50. The maximum atomic E-state index is 11.5. The van der Waals surface area contributed by atoms with Crippen LogP contribution in [0.4, 0.5) is 4.79 Å². The minimum Gasteiger partial charge on any atom is -0.410 e. The minimum atomic E-state index is -0.443. The van der Waals surface area contributed by atoms with Gasteiger partial charge in [-0.1, -0.05) is 61.9 Å². The van der Waals surface area contributed by atoms with E-state index in [2.05, 4.69) is 5.32 Å². The van der Waals surface area contributed by atoms with Crippen LogP contribution < -0.4 is 10.1 Å². The quantitative estimate of drug-likeness (QED) is 0.903. The molecule has 0 aromatic heterocycles. The van der Waals surface area contributed by atoms with Crippen LogP contribution in [0.2, 0.25) is 0 Å². The second kappa shape index (κ2) is 8.75. The predicted octanol–water partition coefficient (Wildman–Crippen LogP) is 4.31. The number of benzene rings is 2.